The lowest BCUT2D eigenvalue weighted by Crippen LogP contribution is -1.95. The molecule has 0 saturated carbocycles. The molecule has 0 aromatic rings. The van der Waals surface area contributed by atoms with E-state index < -0.39 is 0 Å². The Bertz CT molecular complexity index is 206. The molecule has 0 spiro atoms. The van der Waals surface area contributed by atoms with Crippen LogP contribution in [-0.4, -0.2) is 0 Å². The monoisotopic (exact) mass is 192 g/mol. The molecule has 0 heteroatoms. The van der Waals surface area contributed by atoms with Crippen LogP contribution < -0.4 is 0 Å². The largest absolute Gasteiger partial charge is 0.0988 e. The van der Waals surface area contributed by atoms with Crippen molar-refractivity contribution in [1.29, 1.82) is 0 Å². The molecule has 0 unspecified atom stereocenters. The number of rotatable bonds is 2. The number of allylic oxidation sites excluding steroid dienone is 5. The lowest BCUT2D eigenvalue weighted by atomic mass is 9.91. The molecule has 0 aromatic carbocycles. The molecule has 0 aliphatic heterocycles. The first-order valence-corrected chi connectivity index (χ1v) is 5.77. The molecule has 0 atom stereocenters. The van der Waals surface area contributed by atoms with E-state index in [0.717, 1.165) is 0 Å². The van der Waals surface area contributed by atoms with E-state index in [1.165, 1.54) is 43.3 Å². The molecule has 0 saturated heterocycles. The Kier molecular flexibility index (Phi) is 8.31. The van der Waals surface area contributed by atoms with Crippen LogP contribution >= 0.6 is 0 Å². The fourth-order valence-electron chi connectivity index (χ4n) is 1.58. The van der Waals surface area contributed by atoms with Crippen LogP contribution in [0.15, 0.2) is 36.0 Å². The third-order valence-electron chi connectivity index (χ3n) is 2.17. The standard InChI is InChI=1S/C11H16.C3H8/c1-3-7-11-9-6-5-8-10(11)4-2;1-3-2/h3-4,7H,2,5-6,8-9H2,1H3;3H2,1-2H3/b7-3-;. The Morgan fingerprint density at radius 3 is 2.07 bits per heavy atom. The molecule has 14 heavy (non-hydrogen) atoms. The van der Waals surface area contributed by atoms with Crippen LogP contribution in [0, 0.1) is 0 Å². The molecule has 0 heterocycles. The Balaban J connectivity index is 0.000000500. The molecule has 0 bridgehead atoms. The molecule has 0 radical (unpaired) electrons. The van der Waals surface area contributed by atoms with Gasteiger partial charge in [0.2, 0.25) is 0 Å². The lowest BCUT2D eigenvalue weighted by Gasteiger charge is -2.14. The highest BCUT2D eigenvalue weighted by Crippen LogP contribution is 2.25. The molecule has 0 fully saturated rings. The number of hydrogen-bond acceptors (Lipinski definition) is 0. The van der Waals surface area contributed by atoms with Gasteiger partial charge in [-0.05, 0) is 43.8 Å². The number of hydrogen-bond donors (Lipinski definition) is 0. The molecular formula is C14H24. The third kappa shape index (κ3) is 5.06. The van der Waals surface area contributed by atoms with Crippen molar-refractivity contribution in [3.63, 3.8) is 0 Å². The summed E-state index contributed by atoms with van der Waals surface area (Å²) in [5, 5.41) is 0. The second-order valence-corrected chi connectivity index (χ2v) is 3.67. The summed E-state index contributed by atoms with van der Waals surface area (Å²) in [5.41, 5.74) is 2.95. The van der Waals surface area contributed by atoms with Gasteiger partial charge >= 0.3 is 0 Å². The van der Waals surface area contributed by atoms with Crippen molar-refractivity contribution in [3.05, 3.63) is 36.0 Å². The molecule has 1 rings (SSSR count). The zero-order chi connectivity index (χ0) is 10.8. The highest BCUT2D eigenvalue weighted by molar-refractivity contribution is 5.33. The first-order valence-electron chi connectivity index (χ1n) is 5.77. The summed E-state index contributed by atoms with van der Waals surface area (Å²) in [5.74, 6) is 0. The molecule has 80 valence electrons. The van der Waals surface area contributed by atoms with Crippen molar-refractivity contribution in [3.8, 4) is 0 Å². The minimum Gasteiger partial charge on any atom is -0.0988 e. The van der Waals surface area contributed by atoms with Crippen LogP contribution in [0.5, 0.6) is 0 Å². The maximum atomic E-state index is 3.83. The topological polar surface area (TPSA) is 0 Å². The second kappa shape index (κ2) is 8.80. The van der Waals surface area contributed by atoms with E-state index in [1.807, 2.05) is 6.08 Å². The quantitative estimate of drug-likeness (QED) is 0.575. The Labute approximate surface area is 89.4 Å². The lowest BCUT2D eigenvalue weighted by molar-refractivity contribution is 0.693. The van der Waals surface area contributed by atoms with Gasteiger partial charge in [-0.1, -0.05) is 45.1 Å². The highest BCUT2D eigenvalue weighted by atomic mass is 14.1. The molecule has 1 aliphatic rings. The Hall–Kier alpha value is -0.780. The van der Waals surface area contributed by atoms with Crippen molar-refractivity contribution in [2.75, 3.05) is 0 Å². The van der Waals surface area contributed by atoms with Crippen molar-refractivity contribution < 1.29 is 0 Å². The highest BCUT2D eigenvalue weighted by Gasteiger charge is 2.06. The fraction of sp³-hybridized carbons (Fsp3) is 0.571. The van der Waals surface area contributed by atoms with Gasteiger partial charge in [0.25, 0.3) is 0 Å². The Morgan fingerprint density at radius 2 is 1.64 bits per heavy atom. The van der Waals surface area contributed by atoms with E-state index in [-0.39, 0.29) is 0 Å². The van der Waals surface area contributed by atoms with Crippen LogP contribution in [0.1, 0.15) is 52.9 Å². The van der Waals surface area contributed by atoms with Gasteiger partial charge in [0, 0.05) is 0 Å². The molecular weight excluding hydrogens is 168 g/mol. The predicted octanol–water partition coefficient (Wildman–Crippen LogP) is 5.04. The van der Waals surface area contributed by atoms with Crippen molar-refractivity contribution in [1.82, 2.24) is 0 Å². The van der Waals surface area contributed by atoms with E-state index in [1.54, 1.807) is 0 Å². The Morgan fingerprint density at radius 1 is 1.14 bits per heavy atom. The summed E-state index contributed by atoms with van der Waals surface area (Å²) in [6, 6.07) is 0. The van der Waals surface area contributed by atoms with Crippen LogP contribution in [0.3, 0.4) is 0 Å². The van der Waals surface area contributed by atoms with Gasteiger partial charge in [0.05, 0.1) is 0 Å². The molecule has 0 aromatic heterocycles. The molecule has 1 aliphatic carbocycles. The minimum absolute atomic E-state index is 1.23. The van der Waals surface area contributed by atoms with E-state index in [2.05, 4.69) is 39.5 Å². The van der Waals surface area contributed by atoms with E-state index in [9.17, 15) is 0 Å². The summed E-state index contributed by atoms with van der Waals surface area (Å²) in [6.45, 7) is 10.1. The van der Waals surface area contributed by atoms with E-state index >= 15 is 0 Å². The summed E-state index contributed by atoms with van der Waals surface area (Å²) < 4.78 is 0. The predicted molar refractivity (Wildman–Crippen MR) is 66.5 cm³/mol. The SMILES string of the molecule is C=CC1=C(/C=C\C)CCCC1.CCC. The van der Waals surface area contributed by atoms with Crippen LogP contribution in [-0.2, 0) is 0 Å². The molecule has 0 nitrogen and oxygen atoms in total. The van der Waals surface area contributed by atoms with Gasteiger partial charge in [0.15, 0.2) is 0 Å². The fourth-order valence-corrected chi connectivity index (χ4v) is 1.58. The van der Waals surface area contributed by atoms with Crippen molar-refractivity contribution >= 4 is 0 Å². The summed E-state index contributed by atoms with van der Waals surface area (Å²) in [6.07, 6.45) is 12.7. The van der Waals surface area contributed by atoms with Crippen LogP contribution in [0.2, 0.25) is 0 Å². The van der Waals surface area contributed by atoms with Crippen molar-refractivity contribution in [2.24, 2.45) is 0 Å². The van der Waals surface area contributed by atoms with Gasteiger partial charge in [-0.3, -0.25) is 0 Å². The normalized spacial score (nSPS) is 16.5. The van der Waals surface area contributed by atoms with E-state index in [4.69, 9.17) is 0 Å². The third-order valence-corrected chi connectivity index (χ3v) is 2.17. The average molecular weight is 192 g/mol. The second-order valence-electron chi connectivity index (χ2n) is 3.67. The van der Waals surface area contributed by atoms with Crippen LogP contribution in [0.25, 0.3) is 0 Å². The molecule has 0 N–H and O–H groups in total. The summed E-state index contributed by atoms with van der Waals surface area (Å²) in [7, 11) is 0. The summed E-state index contributed by atoms with van der Waals surface area (Å²) >= 11 is 0. The maximum Gasteiger partial charge on any atom is -0.0276 e. The molecule has 0 amide bonds. The van der Waals surface area contributed by atoms with Crippen LogP contribution in [0.4, 0.5) is 0 Å². The van der Waals surface area contributed by atoms with Gasteiger partial charge < -0.3 is 0 Å². The zero-order valence-electron chi connectivity index (χ0n) is 9.97. The minimum atomic E-state index is 1.23. The van der Waals surface area contributed by atoms with Gasteiger partial charge in [-0.2, -0.15) is 0 Å². The average Bonchev–Trinajstić information content (AvgIpc) is 2.20. The van der Waals surface area contributed by atoms with E-state index in [0.29, 0.717) is 0 Å². The van der Waals surface area contributed by atoms with Gasteiger partial charge in [-0.25, -0.2) is 0 Å². The summed E-state index contributed by atoms with van der Waals surface area (Å²) in [4.78, 5) is 0. The maximum absolute atomic E-state index is 3.83. The van der Waals surface area contributed by atoms with Gasteiger partial charge in [-0.15, -0.1) is 0 Å². The first-order chi connectivity index (χ1) is 6.79. The van der Waals surface area contributed by atoms with Crippen molar-refractivity contribution in [2.45, 2.75) is 52.9 Å². The zero-order valence-corrected chi connectivity index (χ0v) is 9.97. The smallest absolute Gasteiger partial charge is 0.0276 e. The first kappa shape index (κ1) is 13.2. The van der Waals surface area contributed by atoms with Gasteiger partial charge in [0.1, 0.15) is 0 Å².